The molecule has 2 unspecified atom stereocenters. The number of hydrogen-bond donors (Lipinski definition) is 3. The van der Waals surface area contributed by atoms with Crippen molar-refractivity contribution < 1.29 is 15.0 Å². The summed E-state index contributed by atoms with van der Waals surface area (Å²) in [4.78, 5) is 20.7. The topological polar surface area (TPSA) is 99.8 Å². The predicted molar refractivity (Wildman–Crippen MR) is 107 cm³/mol. The maximum Gasteiger partial charge on any atom is 0.251 e. The van der Waals surface area contributed by atoms with Crippen LogP contribution in [0.3, 0.4) is 0 Å². The molecule has 140 valence electrons. The van der Waals surface area contributed by atoms with Crippen LogP contribution in [0.4, 0.5) is 0 Å². The van der Waals surface area contributed by atoms with Gasteiger partial charge in [-0.2, -0.15) is 0 Å². The highest BCUT2D eigenvalue weighted by atomic mass is 79.9. The number of imidazole rings is 1. The van der Waals surface area contributed by atoms with Gasteiger partial charge in [0.25, 0.3) is 5.91 Å². The highest BCUT2D eigenvalue weighted by Crippen LogP contribution is 2.29. The van der Waals surface area contributed by atoms with Crippen LogP contribution in [0.15, 0.2) is 36.7 Å². The molecule has 1 aromatic carbocycles. The fraction of sp³-hybridized carbons (Fsp3) is 0.278. The van der Waals surface area contributed by atoms with Gasteiger partial charge in [-0.3, -0.25) is 9.20 Å². The number of nitrogens with zero attached hydrogens (tertiary/aromatic N) is 3. The molecule has 0 aliphatic heterocycles. The smallest absolute Gasteiger partial charge is 0.251 e. The Labute approximate surface area is 171 Å². The lowest BCUT2D eigenvalue weighted by atomic mass is 10.1. The highest BCUT2D eigenvalue weighted by molar-refractivity contribution is 9.09. The number of aliphatic hydroxyl groups excluding tert-OH is 2. The summed E-state index contributed by atoms with van der Waals surface area (Å²) in [7, 11) is 0. The minimum Gasteiger partial charge on any atom is -0.376 e. The zero-order chi connectivity index (χ0) is 19.1. The number of aromatic nitrogens is 3. The Balaban J connectivity index is 1.73. The second kappa shape index (κ2) is 7.31. The Bertz CT molecular complexity index is 998. The molecule has 2 heterocycles. The molecule has 7 nitrogen and oxygen atoms in total. The van der Waals surface area contributed by atoms with E-state index in [9.17, 15) is 15.0 Å². The molecule has 1 saturated carbocycles. The van der Waals surface area contributed by atoms with Gasteiger partial charge in [-0.1, -0.05) is 44.0 Å². The van der Waals surface area contributed by atoms with E-state index in [0.717, 1.165) is 24.1 Å². The third-order valence-corrected chi connectivity index (χ3v) is 5.26. The van der Waals surface area contributed by atoms with E-state index < -0.39 is 10.0 Å². The molecule has 9 heteroatoms. The maximum atomic E-state index is 12.1. The van der Waals surface area contributed by atoms with Gasteiger partial charge < -0.3 is 15.5 Å². The van der Waals surface area contributed by atoms with E-state index in [-0.39, 0.29) is 5.91 Å². The number of hydrogen-bond acceptors (Lipinski definition) is 5. The number of amides is 1. The molecule has 27 heavy (non-hydrogen) atoms. The maximum absolute atomic E-state index is 12.1. The van der Waals surface area contributed by atoms with E-state index in [1.54, 1.807) is 28.9 Å². The van der Waals surface area contributed by atoms with Gasteiger partial charge in [0.15, 0.2) is 15.7 Å². The van der Waals surface area contributed by atoms with Crippen molar-refractivity contribution in [3.05, 3.63) is 53.6 Å². The lowest BCUT2D eigenvalue weighted by molar-refractivity contribution is 0.0951. The quantitative estimate of drug-likeness (QED) is 0.472. The first-order valence-corrected chi connectivity index (χ1v) is 10.2. The van der Waals surface area contributed by atoms with E-state index >= 15 is 0 Å². The van der Waals surface area contributed by atoms with Crippen molar-refractivity contribution in [3.8, 4) is 11.3 Å². The Morgan fingerprint density at radius 1 is 1.19 bits per heavy atom. The van der Waals surface area contributed by atoms with Crippen molar-refractivity contribution in [1.82, 2.24) is 19.7 Å². The van der Waals surface area contributed by atoms with Crippen molar-refractivity contribution in [2.24, 2.45) is 0 Å². The fourth-order valence-corrected chi connectivity index (χ4v) is 3.34. The van der Waals surface area contributed by atoms with Crippen LogP contribution < -0.4 is 5.32 Å². The average Bonchev–Trinajstić information content (AvgIpc) is 3.36. The number of halogens is 2. The summed E-state index contributed by atoms with van der Waals surface area (Å²) in [6.07, 6.45) is 5.41. The molecule has 3 N–H and O–H groups in total. The predicted octanol–water partition coefficient (Wildman–Crippen LogP) is 3.06. The molecule has 0 spiro atoms. The van der Waals surface area contributed by atoms with Crippen LogP contribution in [0.1, 0.15) is 44.6 Å². The van der Waals surface area contributed by atoms with E-state index in [1.165, 1.54) is 0 Å². The number of nitrogens with one attached hydrogen (secondary N) is 1. The second-order valence-electron chi connectivity index (χ2n) is 6.38. The van der Waals surface area contributed by atoms with Crippen molar-refractivity contribution in [1.29, 1.82) is 0 Å². The number of carbonyl (C=O) groups excluding carboxylic acids is 1. The van der Waals surface area contributed by atoms with E-state index in [4.69, 9.17) is 0 Å². The lowest BCUT2D eigenvalue weighted by Crippen LogP contribution is -2.25. The van der Waals surface area contributed by atoms with Gasteiger partial charge in [0, 0.05) is 23.4 Å². The number of fused-ring (bicyclic) bond motifs is 1. The minimum atomic E-state index is -1.02. The summed E-state index contributed by atoms with van der Waals surface area (Å²) < 4.78 is 1.76. The third-order valence-electron chi connectivity index (χ3n) is 4.36. The van der Waals surface area contributed by atoms with Crippen LogP contribution in [0.2, 0.25) is 0 Å². The minimum absolute atomic E-state index is 0.0687. The van der Waals surface area contributed by atoms with Gasteiger partial charge in [-0.05, 0) is 25.0 Å². The number of rotatable bonds is 5. The largest absolute Gasteiger partial charge is 0.376 e. The molecule has 1 fully saturated rings. The Morgan fingerprint density at radius 2 is 1.89 bits per heavy atom. The standard InChI is InChI=1S/C18H16Br2N4O3/c19-15(25)12-8-24-13(7-21-17(24)14(23-12)16(20)26)9-1-3-10(4-2-9)18(27)22-11-5-6-11/h1-4,7-8,11,15-16,25-26H,5-6H2,(H,22,27). The van der Waals surface area contributed by atoms with Crippen LogP contribution >= 0.6 is 31.9 Å². The summed E-state index contributed by atoms with van der Waals surface area (Å²) in [6, 6.07) is 7.55. The van der Waals surface area contributed by atoms with E-state index in [1.807, 2.05) is 12.1 Å². The van der Waals surface area contributed by atoms with Crippen molar-refractivity contribution in [3.63, 3.8) is 0 Å². The first-order chi connectivity index (χ1) is 12.9. The van der Waals surface area contributed by atoms with Crippen molar-refractivity contribution >= 4 is 43.4 Å². The van der Waals surface area contributed by atoms with Crippen LogP contribution in [0.25, 0.3) is 16.9 Å². The average molecular weight is 496 g/mol. The zero-order valence-corrected chi connectivity index (χ0v) is 17.2. The SMILES string of the molecule is O=C(NC1CC1)c1ccc(-c2cnc3c(C(O)Br)nc(C(O)Br)cn23)cc1. The molecule has 4 rings (SSSR count). The van der Waals surface area contributed by atoms with Crippen LogP contribution in [-0.4, -0.2) is 36.5 Å². The molecule has 0 saturated heterocycles. The summed E-state index contributed by atoms with van der Waals surface area (Å²) in [6.45, 7) is 0. The van der Waals surface area contributed by atoms with Crippen molar-refractivity contribution in [2.45, 2.75) is 28.9 Å². The lowest BCUT2D eigenvalue weighted by Gasteiger charge is -2.11. The molecule has 0 bridgehead atoms. The summed E-state index contributed by atoms with van der Waals surface area (Å²) in [5.74, 6) is -0.0687. The van der Waals surface area contributed by atoms with Gasteiger partial charge in [-0.15, -0.1) is 0 Å². The molecule has 2 atom stereocenters. The molecule has 1 aliphatic carbocycles. The summed E-state index contributed by atoms with van der Waals surface area (Å²) in [5.41, 5.74) is 3.33. The molecule has 2 aromatic heterocycles. The van der Waals surface area contributed by atoms with Crippen LogP contribution in [0.5, 0.6) is 0 Å². The summed E-state index contributed by atoms with van der Waals surface area (Å²) in [5, 5.41) is 20.8. The van der Waals surface area contributed by atoms with Gasteiger partial charge in [0.2, 0.25) is 0 Å². The third kappa shape index (κ3) is 3.77. The first kappa shape index (κ1) is 18.5. The van der Waals surface area contributed by atoms with E-state index in [0.29, 0.717) is 28.6 Å². The number of aliphatic hydroxyl groups is 2. The molecular formula is C18H16Br2N4O3. The van der Waals surface area contributed by atoms with Crippen molar-refractivity contribution in [2.75, 3.05) is 0 Å². The first-order valence-electron chi connectivity index (χ1n) is 8.37. The molecule has 1 amide bonds. The molecular weight excluding hydrogens is 480 g/mol. The fourth-order valence-electron chi connectivity index (χ4n) is 2.81. The van der Waals surface area contributed by atoms with Gasteiger partial charge >= 0.3 is 0 Å². The number of alkyl halides is 2. The molecule has 3 aromatic rings. The second-order valence-corrected chi connectivity index (χ2v) is 8.12. The van der Waals surface area contributed by atoms with Gasteiger partial charge in [0.1, 0.15) is 5.69 Å². The monoisotopic (exact) mass is 494 g/mol. The van der Waals surface area contributed by atoms with Gasteiger partial charge in [0.05, 0.1) is 17.6 Å². The van der Waals surface area contributed by atoms with Crippen LogP contribution in [-0.2, 0) is 0 Å². The number of carbonyl (C=O) groups is 1. The molecule has 1 aliphatic rings. The van der Waals surface area contributed by atoms with E-state index in [2.05, 4.69) is 47.1 Å². The van der Waals surface area contributed by atoms with Gasteiger partial charge in [-0.25, -0.2) is 9.97 Å². The zero-order valence-electron chi connectivity index (χ0n) is 14.0. The Hall–Kier alpha value is -1.81. The molecule has 0 radical (unpaired) electrons. The van der Waals surface area contributed by atoms with Crippen LogP contribution in [0, 0.1) is 0 Å². The highest BCUT2D eigenvalue weighted by Gasteiger charge is 2.24. The Kier molecular flexibility index (Phi) is 5.02. The Morgan fingerprint density at radius 3 is 2.48 bits per heavy atom. The normalized spacial score (nSPS) is 16.3. The number of benzene rings is 1. The summed E-state index contributed by atoms with van der Waals surface area (Å²) >= 11 is 6.19.